The third-order valence-electron chi connectivity index (χ3n) is 3.63. The second-order valence-electron chi connectivity index (χ2n) is 4.89. The second-order valence-corrected chi connectivity index (χ2v) is 4.89. The van der Waals surface area contributed by atoms with Gasteiger partial charge in [-0.15, -0.1) is 0 Å². The van der Waals surface area contributed by atoms with Crippen LogP contribution in [0.5, 0.6) is 0 Å². The van der Waals surface area contributed by atoms with Crippen molar-refractivity contribution in [1.29, 1.82) is 0 Å². The molecule has 1 aromatic heterocycles. The van der Waals surface area contributed by atoms with E-state index in [0.29, 0.717) is 37.2 Å². The van der Waals surface area contributed by atoms with Gasteiger partial charge in [0.15, 0.2) is 0 Å². The summed E-state index contributed by atoms with van der Waals surface area (Å²) < 4.78 is 6.55. The van der Waals surface area contributed by atoms with Crippen LogP contribution in [0, 0.1) is 0 Å². The Morgan fingerprint density at radius 1 is 1.10 bits per heavy atom. The molecule has 0 atom stereocenters. The van der Waals surface area contributed by atoms with Crippen LogP contribution in [0.15, 0.2) is 33.9 Å². The Balaban J connectivity index is 1.87. The van der Waals surface area contributed by atoms with Crippen molar-refractivity contribution in [3.05, 3.63) is 45.1 Å². The highest BCUT2D eigenvalue weighted by atomic mass is 16.5. The minimum absolute atomic E-state index is 0.224. The van der Waals surface area contributed by atoms with Crippen LogP contribution in [-0.4, -0.2) is 47.3 Å². The molecule has 0 aliphatic carbocycles. The maximum absolute atomic E-state index is 12.3. The first-order chi connectivity index (χ1) is 9.75. The molecule has 3 rings (SSSR count). The van der Waals surface area contributed by atoms with Crippen LogP contribution >= 0.6 is 0 Å². The number of fused-ring (bicyclic) bond motifs is 1. The van der Waals surface area contributed by atoms with E-state index in [1.54, 1.807) is 24.3 Å². The van der Waals surface area contributed by atoms with Gasteiger partial charge in [-0.25, -0.2) is 4.79 Å². The molecule has 1 aliphatic rings. The van der Waals surface area contributed by atoms with Gasteiger partial charge < -0.3 is 9.72 Å². The lowest BCUT2D eigenvalue weighted by Crippen LogP contribution is -2.42. The fraction of sp³-hybridized carbons (Fsp3) is 0.429. The number of para-hydroxylation sites is 1. The molecule has 0 spiro atoms. The van der Waals surface area contributed by atoms with E-state index in [-0.39, 0.29) is 11.2 Å². The van der Waals surface area contributed by atoms with Gasteiger partial charge in [-0.05, 0) is 12.1 Å². The van der Waals surface area contributed by atoms with Crippen LogP contribution in [0.25, 0.3) is 10.9 Å². The lowest BCUT2D eigenvalue weighted by Gasteiger charge is -2.26. The number of aromatic nitrogens is 2. The molecule has 0 unspecified atom stereocenters. The highest BCUT2D eigenvalue weighted by molar-refractivity contribution is 5.76. The predicted molar refractivity (Wildman–Crippen MR) is 76.1 cm³/mol. The molecule has 0 saturated carbocycles. The van der Waals surface area contributed by atoms with E-state index >= 15 is 0 Å². The first kappa shape index (κ1) is 13.1. The van der Waals surface area contributed by atoms with Crippen molar-refractivity contribution in [1.82, 2.24) is 14.5 Å². The summed E-state index contributed by atoms with van der Waals surface area (Å²) in [6.07, 6.45) is 0. The molecule has 1 aromatic carbocycles. The Bertz CT molecular complexity index is 713. The Morgan fingerprint density at radius 3 is 2.65 bits per heavy atom. The zero-order valence-electron chi connectivity index (χ0n) is 11.2. The molecule has 2 heterocycles. The average molecular weight is 275 g/mol. The molecule has 6 nitrogen and oxygen atoms in total. The predicted octanol–water partition coefficient (Wildman–Crippen LogP) is 0.0220. The Hall–Kier alpha value is -1.92. The summed E-state index contributed by atoms with van der Waals surface area (Å²) >= 11 is 0. The summed E-state index contributed by atoms with van der Waals surface area (Å²) in [5, 5.41) is 0.550. The lowest BCUT2D eigenvalue weighted by atomic mass is 10.2. The van der Waals surface area contributed by atoms with Gasteiger partial charge in [-0.2, -0.15) is 0 Å². The number of hydrogen-bond donors (Lipinski definition) is 1. The molecule has 1 aliphatic heterocycles. The van der Waals surface area contributed by atoms with Crippen molar-refractivity contribution in [2.75, 3.05) is 32.8 Å². The number of nitrogens with one attached hydrogen (secondary N) is 1. The van der Waals surface area contributed by atoms with E-state index in [1.807, 2.05) is 0 Å². The number of rotatable bonds is 3. The minimum Gasteiger partial charge on any atom is -0.379 e. The van der Waals surface area contributed by atoms with Crippen molar-refractivity contribution in [3.63, 3.8) is 0 Å². The monoisotopic (exact) mass is 275 g/mol. The molecular formula is C14H17N3O3. The number of ether oxygens (including phenoxy) is 1. The summed E-state index contributed by atoms with van der Waals surface area (Å²) in [5.41, 5.74) is 0.0182. The van der Waals surface area contributed by atoms with E-state index in [1.165, 1.54) is 4.57 Å². The summed E-state index contributed by atoms with van der Waals surface area (Å²) in [4.78, 5) is 29.3. The topological polar surface area (TPSA) is 67.3 Å². The van der Waals surface area contributed by atoms with Gasteiger partial charge in [0.2, 0.25) is 0 Å². The molecule has 6 heteroatoms. The van der Waals surface area contributed by atoms with Gasteiger partial charge in [-0.1, -0.05) is 12.1 Å². The minimum atomic E-state index is -0.345. The maximum atomic E-state index is 12.3. The zero-order valence-corrected chi connectivity index (χ0v) is 11.2. The Morgan fingerprint density at radius 2 is 1.85 bits per heavy atom. The van der Waals surface area contributed by atoms with E-state index in [0.717, 1.165) is 13.1 Å². The van der Waals surface area contributed by atoms with Gasteiger partial charge in [0.1, 0.15) is 0 Å². The van der Waals surface area contributed by atoms with Gasteiger partial charge >= 0.3 is 5.69 Å². The van der Waals surface area contributed by atoms with Crippen LogP contribution in [-0.2, 0) is 11.3 Å². The van der Waals surface area contributed by atoms with Crippen LogP contribution in [0.2, 0.25) is 0 Å². The quantitative estimate of drug-likeness (QED) is 0.857. The van der Waals surface area contributed by atoms with Crippen molar-refractivity contribution in [3.8, 4) is 0 Å². The van der Waals surface area contributed by atoms with Crippen molar-refractivity contribution in [2.45, 2.75) is 6.54 Å². The van der Waals surface area contributed by atoms with Gasteiger partial charge in [0.05, 0.1) is 24.1 Å². The summed E-state index contributed by atoms with van der Waals surface area (Å²) in [6.45, 7) is 4.20. The number of H-pyrrole nitrogens is 1. The van der Waals surface area contributed by atoms with Crippen LogP contribution in [0.1, 0.15) is 0 Å². The SMILES string of the molecule is O=c1[nH]c2ccccc2c(=O)n1CCN1CCOCC1. The molecule has 1 fully saturated rings. The molecule has 106 valence electrons. The van der Waals surface area contributed by atoms with Crippen LogP contribution < -0.4 is 11.2 Å². The number of morpholine rings is 1. The standard InChI is InChI=1S/C14H17N3O3/c18-13-11-3-1-2-4-12(11)15-14(19)17(13)6-5-16-7-9-20-10-8-16/h1-4H,5-10H2,(H,15,19). The van der Waals surface area contributed by atoms with Crippen LogP contribution in [0.3, 0.4) is 0 Å². The molecular weight excluding hydrogens is 258 g/mol. The van der Waals surface area contributed by atoms with Crippen molar-refractivity contribution < 1.29 is 4.74 Å². The summed E-state index contributed by atoms with van der Waals surface area (Å²) in [6, 6.07) is 7.08. The van der Waals surface area contributed by atoms with Crippen molar-refractivity contribution in [2.24, 2.45) is 0 Å². The Kier molecular flexibility index (Phi) is 3.66. The van der Waals surface area contributed by atoms with E-state index in [2.05, 4.69) is 9.88 Å². The zero-order chi connectivity index (χ0) is 13.9. The summed E-state index contributed by atoms with van der Waals surface area (Å²) in [7, 11) is 0. The number of benzene rings is 1. The molecule has 0 bridgehead atoms. The molecule has 1 saturated heterocycles. The average Bonchev–Trinajstić information content (AvgIpc) is 2.48. The van der Waals surface area contributed by atoms with Gasteiger partial charge in [-0.3, -0.25) is 14.3 Å². The fourth-order valence-corrected chi connectivity index (χ4v) is 2.47. The largest absolute Gasteiger partial charge is 0.379 e. The Labute approximate surface area is 115 Å². The van der Waals surface area contributed by atoms with Gasteiger partial charge in [0, 0.05) is 26.2 Å². The van der Waals surface area contributed by atoms with E-state index in [9.17, 15) is 9.59 Å². The normalized spacial score (nSPS) is 16.6. The van der Waals surface area contributed by atoms with Crippen LogP contribution in [0.4, 0.5) is 0 Å². The summed E-state index contributed by atoms with van der Waals surface area (Å²) in [5.74, 6) is 0. The molecule has 20 heavy (non-hydrogen) atoms. The first-order valence-electron chi connectivity index (χ1n) is 6.78. The second kappa shape index (κ2) is 5.60. The molecule has 0 amide bonds. The van der Waals surface area contributed by atoms with Gasteiger partial charge in [0.25, 0.3) is 5.56 Å². The third kappa shape index (κ3) is 2.52. The smallest absolute Gasteiger partial charge is 0.328 e. The third-order valence-corrected chi connectivity index (χ3v) is 3.63. The molecule has 1 N–H and O–H groups in total. The molecule has 0 radical (unpaired) electrons. The first-order valence-corrected chi connectivity index (χ1v) is 6.78. The number of hydrogen-bond acceptors (Lipinski definition) is 4. The fourth-order valence-electron chi connectivity index (χ4n) is 2.47. The number of aromatic amines is 1. The molecule has 2 aromatic rings. The van der Waals surface area contributed by atoms with E-state index in [4.69, 9.17) is 4.74 Å². The lowest BCUT2D eigenvalue weighted by molar-refractivity contribution is 0.0361. The highest BCUT2D eigenvalue weighted by Gasteiger charge is 2.12. The highest BCUT2D eigenvalue weighted by Crippen LogP contribution is 2.03. The maximum Gasteiger partial charge on any atom is 0.328 e. The van der Waals surface area contributed by atoms with Crippen molar-refractivity contribution >= 4 is 10.9 Å². The van der Waals surface area contributed by atoms with E-state index < -0.39 is 0 Å². The number of nitrogens with zero attached hydrogens (tertiary/aromatic N) is 2.